The van der Waals surface area contributed by atoms with Gasteiger partial charge in [-0.2, -0.15) is 0 Å². The first-order chi connectivity index (χ1) is 13.5. The van der Waals surface area contributed by atoms with Crippen LogP contribution in [0.3, 0.4) is 0 Å². The quantitative estimate of drug-likeness (QED) is 0.342. The van der Waals surface area contributed by atoms with Crippen LogP contribution in [-0.4, -0.2) is 49.7 Å². The van der Waals surface area contributed by atoms with E-state index in [0.717, 1.165) is 5.69 Å². The minimum Gasteiger partial charge on any atom is -0.481 e. The van der Waals surface area contributed by atoms with Crippen molar-refractivity contribution in [3.63, 3.8) is 0 Å². The smallest absolute Gasteiger partial charge is 0.303 e. The molecule has 6 heteroatoms. The number of hydrogen-bond donors (Lipinski definition) is 4. The van der Waals surface area contributed by atoms with Crippen LogP contribution in [0, 0.1) is 11.8 Å². The third-order valence-electron chi connectivity index (χ3n) is 5.23. The van der Waals surface area contributed by atoms with Crippen molar-refractivity contribution in [3.8, 4) is 0 Å². The molecule has 0 spiro atoms. The Balaban J connectivity index is 1.82. The van der Waals surface area contributed by atoms with Gasteiger partial charge >= 0.3 is 5.97 Å². The number of aryl methyl sites for hydroxylation is 1. The van der Waals surface area contributed by atoms with Gasteiger partial charge in [0.2, 0.25) is 0 Å². The average molecular weight is 389 g/mol. The molecule has 2 rings (SSSR count). The highest BCUT2D eigenvalue weighted by atomic mass is 16.4. The molecular formula is C22H31NO5. The fraction of sp³-hybridized carbons (Fsp3) is 0.545. The lowest BCUT2D eigenvalue weighted by Gasteiger charge is -2.19. The summed E-state index contributed by atoms with van der Waals surface area (Å²) in [5, 5.41) is 39.3. The lowest BCUT2D eigenvalue weighted by molar-refractivity contribution is -0.137. The summed E-state index contributed by atoms with van der Waals surface area (Å²) in [5.41, 5.74) is 0.928. The van der Waals surface area contributed by atoms with Crippen LogP contribution in [-0.2, 0) is 11.2 Å². The molecule has 0 unspecified atom stereocenters. The number of carboxylic acid groups (broad SMARTS) is 1. The number of aliphatic carboxylic acids is 1. The lowest BCUT2D eigenvalue weighted by Crippen LogP contribution is -2.20. The molecule has 0 aromatic carbocycles. The Morgan fingerprint density at radius 2 is 2.07 bits per heavy atom. The molecule has 1 saturated carbocycles. The van der Waals surface area contributed by atoms with E-state index in [1.54, 1.807) is 12.3 Å². The van der Waals surface area contributed by atoms with E-state index in [9.17, 15) is 20.1 Å². The molecule has 0 amide bonds. The molecule has 154 valence electrons. The van der Waals surface area contributed by atoms with E-state index in [0.29, 0.717) is 38.5 Å². The molecule has 1 aliphatic carbocycles. The third kappa shape index (κ3) is 7.54. The van der Waals surface area contributed by atoms with Gasteiger partial charge in [0.05, 0.1) is 18.3 Å². The van der Waals surface area contributed by atoms with Gasteiger partial charge in [-0.25, -0.2) is 0 Å². The van der Waals surface area contributed by atoms with Gasteiger partial charge in [0.1, 0.15) is 0 Å². The topological polar surface area (TPSA) is 111 Å². The molecule has 1 heterocycles. The van der Waals surface area contributed by atoms with Crippen LogP contribution in [0.1, 0.15) is 44.2 Å². The van der Waals surface area contributed by atoms with Gasteiger partial charge < -0.3 is 20.4 Å². The first kappa shape index (κ1) is 22.3. The fourth-order valence-electron chi connectivity index (χ4n) is 3.64. The van der Waals surface area contributed by atoms with E-state index in [4.69, 9.17) is 5.11 Å². The van der Waals surface area contributed by atoms with Gasteiger partial charge in [0.25, 0.3) is 0 Å². The molecule has 1 fully saturated rings. The van der Waals surface area contributed by atoms with E-state index in [1.807, 2.05) is 36.4 Å². The number of carboxylic acids is 1. The number of nitrogens with zero attached hydrogens (tertiary/aromatic N) is 1. The van der Waals surface area contributed by atoms with Crippen molar-refractivity contribution in [3.05, 3.63) is 54.4 Å². The molecule has 4 N–H and O–H groups in total. The molecule has 1 aromatic rings. The molecular weight excluding hydrogens is 358 g/mol. The predicted molar refractivity (Wildman–Crippen MR) is 107 cm³/mol. The second-order valence-corrected chi connectivity index (χ2v) is 7.42. The van der Waals surface area contributed by atoms with E-state index in [-0.39, 0.29) is 18.3 Å². The number of carbonyl (C=O) groups is 1. The minimum atomic E-state index is -0.797. The summed E-state index contributed by atoms with van der Waals surface area (Å²) in [6.07, 6.45) is 10.9. The van der Waals surface area contributed by atoms with E-state index >= 15 is 0 Å². The van der Waals surface area contributed by atoms with Crippen molar-refractivity contribution in [1.29, 1.82) is 0 Å². The van der Waals surface area contributed by atoms with Crippen molar-refractivity contribution >= 4 is 5.97 Å². The van der Waals surface area contributed by atoms with Crippen molar-refractivity contribution in [2.45, 2.75) is 63.3 Å². The van der Waals surface area contributed by atoms with Crippen LogP contribution in [0.2, 0.25) is 0 Å². The fourth-order valence-corrected chi connectivity index (χ4v) is 3.64. The number of allylic oxidation sites excluding steroid dienone is 2. The molecule has 5 atom stereocenters. The maximum atomic E-state index is 10.5. The predicted octanol–water partition coefficient (Wildman–Crippen LogP) is 2.49. The molecule has 6 nitrogen and oxygen atoms in total. The highest BCUT2D eigenvalue weighted by Crippen LogP contribution is 2.36. The van der Waals surface area contributed by atoms with Crippen molar-refractivity contribution in [1.82, 2.24) is 4.98 Å². The maximum absolute atomic E-state index is 10.5. The van der Waals surface area contributed by atoms with Gasteiger partial charge in [-0.1, -0.05) is 30.4 Å². The molecule has 28 heavy (non-hydrogen) atoms. The zero-order chi connectivity index (χ0) is 20.4. The zero-order valence-electron chi connectivity index (χ0n) is 16.1. The Kier molecular flexibility index (Phi) is 9.34. The maximum Gasteiger partial charge on any atom is 0.303 e. The highest BCUT2D eigenvalue weighted by molar-refractivity contribution is 5.66. The number of aromatic nitrogens is 1. The van der Waals surface area contributed by atoms with Crippen LogP contribution in [0.5, 0.6) is 0 Å². The Morgan fingerprint density at radius 1 is 1.25 bits per heavy atom. The van der Waals surface area contributed by atoms with E-state index in [1.165, 1.54) is 0 Å². The molecule has 0 aliphatic heterocycles. The second kappa shape index (κ2) is 11.7. The highest BCUT2D eigenvalue weighted by Gasteiger charge is 2.39. The summed E-state index contributed by atoms with van der Waals surface area (Å²) in [5.74, 6) is -1.11. The minimum absolute atomic E-state index is 0.107. The van der Waals surface area contributed by atoms with Crippen molar-refractivity contribution in [2.24, 2.45) is 11.8 Å². The van der Waals surface area contributed by atoms with Gasteiger partial charge in [-0.3, -0.25) is 9.78 Å². The van der Waals surface area contributed by atoms with Gasteiger partial charge in [0, 0.05) is 30.7 Å². The third-order valence-corrected chi connectivity index (χ3v) is 5.23. The number of aliphatic hydroxyl groups is 3. The molecule has 1 aromatic heterocycles. The van der Waals surface area contributed by atoms with Gasteiger partial charge in [-0.15, -0.1) is 0 Å². The lowest BCUT2D eigenvalue weighted by atomic mass is 9.89. The number of rotatable bonds is 11. The summed E-state index contributed by atoms with van der Waals surface area (Å²) >= 11 is 0. The SMILES string of the molecule is O=C(O)CCC/C=C\C[C@@H]1[C@@H](/C=C/[C@@H](O)CCc2ccccn2)[C@H](O)C[C@@H]1O. The van der Waals surface area contributed by atoms with Crippen LogP contribution in [0.4, 0.5) is 0 Å². The van der Waals surface area contributed by atoms with Crippen LogP contribution >= 0.6 is 0 Å². The Bertz CT molecular complexity index is 646. The van der Waals surface area contributed by atoms with Crippen molar-refractivity contribution < 1.29 is 25.2 Å². The first-order valence-electron chi connectivity index (χ1n) is 9.96. The first-order valence-corrected chi connectivity index (χ1v) is 9.96. The van der Waals surface area contributed by atoms with Gasteiger partial charge in [-0.05, 0) is 50.2 Å². The number of aliphatic hydroxyl groups excluding tert-OH is 3. The summed E-state index contributed by atoms with van der Waals surface area (Å²) in [6, 6.07) is 5.69. The summed E-state index contributed by atoms with van der Waals surface area (Å²) in [6.45, 7) is 0. The van der Waals surface area contributed by atoms with E-state index < -0.39 is 24.3 Å². The average Bonchev–Trinajstić information content (AvgIpc) is 2.94. The van der Waals surface area contributed by atoms with Crippen molar-refractivity contribution in [2.75, 3.05) is 0 Å². The molecule has 0 bridgehead atoms. The zero-order valence-corrected chi connectivity index (χ0v) is 16.1. The van der Waals surface area contributed by atoms with Crippen LogP contribution < -0.4 is 0 Å². The normalized spacial score (nSPS) is 26.2. The monoisotopic (exact) mass is 389 g/mol. The molecule has 0 radical (unpaired) electrons. The van der Waals surface area contributed by atoms with Gasteiger partial charge in [0.15, 0.2) is 0 Å². The number of pyridine rings is 1. The summed E-state index contributed by atoms with van der Waals surface area (Å²) < 4.78 is 0. The van der Waals surface area contributed by atoms with E-state index in [2.05, 4.69) is 4.98 Å². The van der Waals surface area contributed by atoms with Crippen LogP contribution in [0.15, 0.2) is 48.7 Å². The number of unbranched alkanes of at least 4 members (excludes halogenated alkanes) is 1. The summed E-state index contributed by atoms with van der Waals surface area (Å²) in [4.78, 5) is 14.7. The number of hydrogen-bond acceptors (Lipinski definition) is 5. The Hall–Kier alpha value is -2.02. The standard InChI is InChI=1S/C22H31NO5/c24-17(11-10-16-7-5-6-14-23-16)12-13-19-18(20(25)15-21(19)26)8-3-1-2-4-9-22(27)28/h1,3,5-7,12-14,17-21,24-26H,2,4,8-11,15H2,(H,27,28)/b3-1-,13-12+/t17-,18+,19+,20-,21+/m0/s1. The Morgan fingerprint density at radius 3 is 2.79 bits per heavy atom. The Labute approximate surface area is 166 Å². The summed E-state index contributed by atoms with van der Waals surface area (Å²) in [7, 11) is 0. The molecule has 0 saturated heterocycles. The van der Waals surface area contributed by atoms with Crippen LogP contribution in [0.25, 0.3) is 0 Å². The second-order valence-electron chi connectivity index (χ2n) is 7.42. The largest absolute Gasteiger partial charge is 0.481 e. The molecule has 1 aliphatic rings.